The monoisotopic (exact) mass is 439 g/mol. The van der Waals surface area contributed by atoms with Gasteiger partial charge in [-0.05, 0) is 49.6 Å². The Hall–Kier alpha value is -3.60. The third-order valence-corrected chi connectivity index (χ3v) is 6.42. The number of aromatic nitrogens is 2. The first-order valence-corrected chi connectivity index (χ1v) is 11.7. The molecule has 0 unspecified atom stereocenters. The lowest BCUT2D eigenvalue weighted by Crippen LogP contribution is -2.45. The van der Waals surface area contributed by atoms with Crippen molar-refractivity contribution in [3.8, 4) is 5.75 Å². The highest BCUT2D eigenvalue weighted by atomic mass is 16.5. The number of benzene rings is 3. The minimum atomic E-state index is -0.494. The average Bonchev–Trinajstić information content (AvgIpc) is 3.22. The Morgan fingerprint density at radius 3 is 2.30 bits per heavy atom. The molecule has 3 aromatic carbocycles. The maximum Gasteiger partial charge on any atom is 0.263 e. The van der Waals surface area contributed by atoms with Gasteiger partial charge in [0, 0.05) is 25.6 Å². The number of carbonyl (C=O) groups excluding carboxylic acids is 1. The van der Waals surface area contributed by atoms with E-state index in [0.717, 1.165) is 49.4 Å². The lowest BCUT2D eigenvalue weighted by Gasteiger charge is -2.35. The Kier molecular flexibility index (Phi) is 6.11. The van der Waals surface area contributed by atoms with Crippen molar-refractivity contribution in [2.75, 3.05) is 13.1 Å². The zero-order chi connectivity index (χ0) is 22.6. The minimum Gasteiger partial charge on any atom is -0.481 e. The minimum absolute atomic E-state index is 0.0531. The van der Waals surface area contributed by atoms with Gasteiger partial charge in [0.25, 0.3) is 5.91 Å². The lowest BCUT2D eigenvalue weighted by atomic mass is 10.0. The second-order valence-corrected chi connectivity index (χ2v) is 8.68. The number of fused-ring (bicyclic) bond motifs is 1. The van der Waals surface area contributed by atoms with Gasteiger partial charge in [-0.1, -0.05) is 60.7 Å². The Bertz CT molecular complexity index is 1210. The first kappa shape index (κ1) is 21.3. The number of para-hydroxylation sites is 3. The molecule has 5 rings (SSSR count). The molecular formula is C28H29N3O2. The number of ether oxygens (including phenoxy) is 1. The summed E-state index contributed by atoms with van der Waals surface area (Å²) < 4.78 is 8.28. The molecule has 1 amide bonds. The van der Waals surface area contributed by atoms with E-state index in [-0.39, 0.29) is 5.91 Å². The Morgan fingerprint density at radius 2 is 1.58 bits per heavy atom. The molecule has 168 valence electrons. The number of hydrogen-bond acceptors (Lipinski definition) is 3. The summed E-state index contributed by atoms with van der Waals surface area (Å²) in [6.07, 6.45) is 2.13. The predicted octanol–water partition coefficient (Wildman–Crippen LogP) is 5.26. The zero-order valence-electron chi connectivity index (χ0n) is 18.9. The molecule has 0 aliphatic carbocycles. The molecule has 33 heavy (non-hydrogen) atoms. The van der Waals surface area contributed by atoms with Gasteiger partial charge in [-0.2, -0.15) is 0 Å². The van der Waals surface area contributed by atoms with E-state index in [4.69, 9.17) is 9.72 Å². The van der Waals surface area contributed by atoms with Crippen molar-refractivity contribution >= 4 is 16.9 Å². The van der Waals surface area contributed by atoms with Gasteiger partial charge in [0.05, 0.1) is 11.0 Å². The van der Waals surface area contributed by atoms with Crippen molar-refractivity contribution in [3.63, 3.8) is 0 Å². The standard InChI is InChI=1S/C28H29N3O2/c1-21(33-24-12-6-3-7-13-24)28(32)30-18-16-23(17-19-30)31-26-15-9-8-14-25(26)29-27(31)20-22-10-4-2-5-11-22/h2-15,21,23H,16-20H2,1H3/t21-/m0/s1. The SMILES string of the molecule is C[C@H](Oc1ccccc1)C(=O)N1CCC(n2c(Cc3ccccc3)nc3ccccc32)CC1. The van der Waals surface area contributed by atoms with Crippen LogP contribution in [-0.2, 0) is 11.2 Å². The highest BCUT2D eigenvalue weighted by molar-refractivity contribution is 5.81. The van der Waals surface area contributed by atoms with Crippen LogP contribution in [0.1, 0.15) is 37.2 Å². The molecule has 1 atom stereocenters. The smallest absolute Gasteiger partial charge is 0.263 e. The molecule has 1 saturated heterocycles. The van der Waals surface area contributed by atoms with Gasteiger partial charge in [-0.3, -0.25) is 4.79 Å². The molecule has 5 nitrogen and oxygen atoms in total. The maximum absolute atomic E-state index is 13.0. The fraction of sp³-hybridized carbons (Fsp3) is 0.286. The number of imidazole rings is 1. The van der Waals surface area contributed by atoms with Crippen LogP contribution in [0.4, 0.5) is 0 Å². The fourth-order valence-corrected chi connectivity index (χ4v) is 4.76. The summed E-state index contributed by atoms with van der Waals surface area (Å²) in [6, 6.07) is 28.7. The molecular weight excluding hydrogens is 410 g/mol. The normalized spacial score (nSPS) is 15.5. The Morgan fingerprint density at radius 1 is 0.939 bits per heavy atom. The van der Waals surface area contributed by atoms with E-state index in [1.54, 1.807) is 0 Å². The molecule has 2 heterocycles. The average molecular weight is 440 g/mol. The van der Waals surface area contributed by atoms with Crippen LogP contribution >= 0.6 is 0 Å². The molecule has 0 radical (unpaired) electrons. The van der Waals surface area contributed by atoms with Crippen molar-refractivity contribution in [2.45, 2.75) is 38.3 Å². The number of likely N-dealkylation sites (tertiary alicyclic amines) is 1. The number of carbonyl (C=O) groups is 1. The number of piperidine rings is 1. The fourth-order valence-electron chi connectivity index (χ4n) is 4.76. The van der Waals surface area contributed by atoms with Gasteiger partial charge in [0.15, 0.2) is 6.10 Å². The van der Waals surface area contributed by atoms with E-state index in [9.17, 15) is 4.79 Å². The van der Waals surface area contributed by atoms with Crippen molar-refractivity contribution < 1.29 is 9.53 Å². The second kappa shape index (κ2) is 9.49. The highest BCUT2D eigenvalue weighted by Gasteiger charge is 2.29. The van der Waals surface area contributed by atoms with Crippen LogP contribution in [0.3, 0.4) is 0 Å². The maximum atomic E-state index is 13.0. The molecule has 4 aromatic rings. The third-order valence-electron chi connectivity index (χ3n) is 6.42. The van der Waals surface area contributed by atoms with Gasteiger partial charge < -0.3 is 14.2 Å². The largest absolute Gasteiger partial charge is 0.481 e. The van der Waals surface area contributed by atoms with Crippen molar-refractivity contribution in [1.82, 2.24) is 14.5 Å². The molecule has 1 aliphatic heterocycles. The molecule has 1 aliphatic rings. The van der Waals surface area contributed by atoms with Gasteiger partial charge in [0.2, 0.25) is 0 Å². The number of rotatable bonds is 6. The summed E-state index contributed by atoms with van der Waals surface area (Å²) in [4.78, 5) is 19.9. The van der Waals surface area contributed by atoms with Crippen molar-refractivity contribution in [3.05, 3.63) is 96.3 Å². The highest BCUT2D eigenvalue weighted by Crippen LogP contribution is 2.30. The summed E-state index contributed by atoms with van der Waals surface area (Å²) in [5.74, 6) is 1.87. The van der Waals surface area contributed by atoms with E-state index in [1.807, 2.05) is 54.3 Å². The Balaban J connectivity index is 1.31. The molecule has 1 fully saturated rings. The van der Waals surface area contributed by atoms with Crippen LogP contribution in [0.5, 0.6) is 5.75 Å². The van der Waals surface area contributed by atoms with E-state index >= 15 is 0 Å². The second-order valence-electron chi connectivity index (χ2n) is 8.68. The molecule has 0 bridgehead atoms. The summed E-state index contributed by atoms with van der Waals surface area (Å²) in [5.41, 5.74) is 3.47. The van der Waals surface area contributed by atoms with Gasteiger partial charge in [-0.25, -0.2) is 4.98 Å². The van der Waals surface area contributed by atoms with E-state index in [2.05, 4.69) is 47.0 Å². The number of nitrogens with zero attached hydrogens (tertiary/aromatic N) is 3. The molecule has 1 aromatic heterocycles. The quantitative estimate of drug-likeness (QED) is 0.412. The van der Waals surface area contributed by atoms with Crippen LogP contribution < -0.4 is 4.74 Å². The zero-order valence-corrected chi connectivity index (χ0v) is 18.9. The first-order valence-electron chi connectivity index (χ1n) is 11.7. The number of hydrogen-bond donors (Lipinski definition) is 0. The van der Waals surface area contributed by atoms with E-state index in [1.165, 1.54) is 11.1 Å². The van der Waals surface area contributed by atoms with Crippen LogP contribution in [0.15, 0.2) is 84.9 Å². The summed E-state index contributed by atoms with van der Waals surface area (Å²) in [6.45, 7) is 3.29. The van der Waals surface area contributed by atoms with Crippen molar-refractivity contribution in [1.29, 1.82) is 0 Å². The summed E-state index contributed by atoms with van der Waals surface area (Å²) in [5, 5.41) is 0. The lowest BCUT2D eigenvalue weighted by molar-refractivity contribution is -0.139. The topological polar surface area (TPSA) is 47.4 Å². The third kappa shape index (κ3) is 4.63. The van der Waals surface area contributed by atoms with Crippen LogP contribution in [0.25, 0.3) is 11.0 Å². The predicted molar refractivity (Wildman–Crippen MR) is 130 cm³/mol. The van der Waals surface area contributed by atoms with Crippen molar-refractivity contribution in [2.24, 2.45) is 0 Å². The number of amides is 1. The van der Waals surface area contributed by atoms with Gasteiger partial charge in [0.1, 0.15) is 11.6 Å². The van der Waals surface area contributed by atoms with E-state index in [0.29, 0.717) is 6.04 Å². The van der Waals surface area contributed by atoms with Crippen LogP contribution in [0, 0.1) is 0 Å². The molecule has 0 N–H and O–H groups in total. The van der Waals surface area contributed by atoms with E-state index < -0.39 is 6.10 Å². The summed E-state index contributed by atoms with van der Waals surface area (Å²) >= 11 is 0. The molecule has 0 spiro atoms. The molecule has 0 saturated carbocycles. The van der Waals surface area contributed by atoms with Crippen LogP contribution in [0.2, 0.25) is 0 Å². The first-order chi connectivity index (χ1) is 16.2. The Labute approximate surface area is 194 Å². The summed E-state index contributed by atoms with van der Waals surface area (Å²) in [7, 11) is 0. The van der Waals surface area contributed by atoms with Crippen LogP contribution in [-0.4, -0.2) is 39.6 Å². The van der Waals surface area contributed by atoms with Gasteiger partial charge in [-0.15, -0.1) is 0 Å². The van der Waals surface area contributed by atoms with Gasteiger partial charge >= 0.3 is 0 Å². The molecule has 5 heteroatoms.